The van der Waals surface area contributed by atoms with Crippen LogP contribution in [0.15, 0.2) is 48.0 Å². The highest BCUT2D eigenvalue weighted by atomic mass is 35.5. The van der Waals surface area contributed by atoms with Crippen LogP contribution < -0.4 is 0 Å². The Morgan fingerprint density at radius 2 is 1.40 bits per heavy atom. The van der Waals surface area contributed by atoms with Gasteiger partial charge >= 0.3 is 0 Å². The number of alkyl halides is 2. The number of Topliss-reactive ketones (excluding diaryl/α,β-unsaturated/α-hetero) is 1. The molecule has 0 heterocycles. The summed E-state index contributed by atoms with van der Waals surface area (Å²) in [6.45, 7) is 0. The molecule has 0 saturated carbocycles. The molecule has 0 spiro atoms. The maximum absolute atomic E-state index is 12.7. The van der Waals surface area contributed by atoms with E-state index in [0.29, 0.717) is 24.4 Å². The lowest BCUT2D eigenvalue weighted by Gasteiger charge is -2.32. The van der Waals surface area contributed by atoms with Crippen molar-refractivity contribution in [2.75, 3.05) is 14.2 Å². The lowest BCUT2D eigenvalue weighted by Crippen LogP contribution is -2.45. The van der Waals surface area contributed by atoms with Crippen molar-refractivity contribution in [3.8, 4) is 0 Å². The highest BCUT2D eigenvalue weighted by Crippen LogP contribution is 2.39. The molecule has 0 radical (unpaired) electrons. The predicted octanol–water partition coefficient (Wildman–Crippen LogP) is 3.49. The Morgan fingerprint density at radius 3 is 1.65 bits per heavy atom. The van der Waals surface area contributed by atoms with E-state index in [1.54, 1.807) is 50.7 Å². The Morgan fingerprint density at radius 1 is 1.00 bits per heavy atom. The summed E-state index contributed by atoms with van der Waals surface area (Å²) in [4.78, 5) is 10.4. The Kier molecular flexibility index (Phi) is 4.31. The number of hydrogen-bond donors (Lipinski definition) is 0. The number of carbonyl (C=O) groups excluding carboxylic acids is 1. The van der Waals surface area contributed by atoms with E-state index in [0.717, 1.165) is 0 Å². The van der Waals surface area contributed by atoms with Gasteiger partial charge in [-0.15, -0.1) is 23.2 Å². The molecule has 0 N–H and O–H groups in total. The van der Waals surface area contributed by atoms with E-state index in [-0.39, 0.29) is 5.78 Å². The second kappa shape index (κ2) is 5.66. The van der Waals surface area contributed by atoms with E-state index in [1.807, 2.05) is 0 Å². The van der Waals surface area contributed by atoms with Crippen LogP contribution in [0.5, 0.6) is 0 Å². The summed E-state index contributed by atoms with van der Waals surface area (Å²) in [5.74, 6) is 1.15. The van der Waals surface area contributed by atoms with Crippen LogP contribution in [-0.2, 0) is 14.3 Å². The monoisotopic (exact) mass is 314 g/mol. The van der Waals surface area contributed by atoms with E-state index >= 15 is 0 Å². The van der Waals surface area contributed by atoms with Crippen LogP contribution in [0.3, 0.4) is 0 Å². The zero-order chi connectivity index (χ0) is 14.8. The normalized spacial score (nSPS) is 32.4. The first-order valence-corrected chi connectivity index (χ1v) is 6.99. The molecule has 0 aliphatic heterocycles. The molecular formula is C15H16Cl2O3. The standard InChI is InChI=1S/C15H16Cl2O3/c1-19-11-3-7-14(16,8-4-11)13(18)15(17)9-5-12(20-2)6-10-15/h3-7,9H,8,10H2,1-2H3. The van der Waals surface area contributed by atoms with Crippen LogP contribution >= 0.6 is 23.2 Å². The van der Waals surface area contributed by atoms with E-state index in [9.17, 15) is 4.79 Å². The molecule has 5 heteroatoms. The van der Waals surface area contributed by atoms with Gasteiger partial charge in [0, 0.05) is 0 Å². The lowest BCUT2D eigenvalue weighted by molar-refractivity contribution is -0.121. The highest BCUT2D eigenvalue weighted by molar-refractivity contribution is 6.47. The predicted molar refractivity (Wildman–Crippen MR) is 79.9 cm³/mol. The van der Waals surface area contributed by atoms with Gasteiger partial charge in [0.05, 0.1) is 14.2 Å². The molecule has 2 aliphatic rings. The Balaban J connectivity index is 2.17. The molecule has 2 atom stereocenters. The van der Waals surface area contributed by atoms with Crippen molar-refractivity contribution in [2.45, 2.75) is 22.6 Å². The molecule has 2 rings (SSSR count). The number of ketones is 1. The van der Waals surface area contributed by atoms with E-state index < -0.39 is 9.75 Å². The maximum Gasteiger partial charge on any atom is 0.182 e. The number of allylic oxidation sites excluding steroid dienone is 6. The van der Waals surface area contributed by atoms with Gasteiger partial charge in [-0.3, -0.25) is 4.79 Å². The summed E-state index contributed by atoms with van der Waals surface area (Å²) in [6.07, 6.45) is 11.0. The van der Waals surface area contributed by atoms with Crippen molar-refractivity contribution in [3.63, 3.8) is 0 Å². The van der Waals surface area contributed by atoms with Crippen LogP contribution in [0.25, 0.3) is 0 Å². The first kappa shape index (κ1) is 15.2. The number of rotatable bonds is 4. The molecular weight excluding hydrogens is 299 g/mol. The van der Waals surface area contributed by atoms with Gasteiger partial charge in [-0.1, -0.05) is 12.2 Å². The second-order valence-corrected chi connectivity index (χ2v) is 6.10. The van der Waals surface area contributed by atoms with Gasteiger partial charge in [-0.05, 0) is 37.1 Å². The molecule has 0 bridgehead atoms. The molecule has 0 saturated heterocycles. The minimum atomic E-state index is -1.13. The van der Waals surface area contributed by atoms with Gasteiger partial charge in [-0.25, -0.2) is 0 Å². The number of ether oxygens (including phenoxy) is 2. The summed E-state index contributed by atoms with van der Waals surface area (Å²) in [5, 5.41) is 0. The summed E-state index contributed by atoms with van der Waals surface area (Å²) in [6, 6.07) is 0. The summed E-state index contributed by atoms with van der Waals surface area (Å²) in [7, 11) is 3.15. The van der Waals surface area contributed by atoms with Gasteiger partial charge in [0.25, 0.3) is 0 Å². The smallest absolute Gasteiger partial charge is 0.182 e. The van der Waals surface area contributed by atoms with E-state index in [4.69, 9.17) is 32.7 Å². The molecule has 2 unspecified atom stereocenters. The topological polar surface area (TPSA) is 35.5 Å². The quantitative estimate of drug-likeness (QED) is 0.745. The van der Waals surface area contributed by atoms with E-state index in [1.165, 1.54) is 0 Å². The third-order valence-electron chi connectivity index (χ3n) is 3.45. The largest absolute Gasteiger partial charge is 0.497 e. The third-order valence-corrected chi connectivity index (χ3v) is 4.35. The van der Waals surface area contributed by atoms with E-state index in [2.05, 4.69) is 0 Å². The van der Waals surface area contributed by atoms with Crippen molar-refractivity contribution in [1.29, 1.82) is 0 Å². The van der Waals surface area contributed by atoms with Crippen molar-refractivity contribution < 1.29 is 14.3 Å². The summed E-state index contributed by atoms with van der Waals surface area (Å²) < 4.78 is 10.2. The molecule has 0 aromatic rings. The Bertz CT molecular complexity index is 487. The van der Waals surface area contributed by atoms with Crippen molar-refractivity contribution in [3.05, 3.63) is 48.0 Å². The molecule has 108 valence electrons. The fraction of sp³-hybridized carbons (Fsp3) is 0.400. The van der Waals surface area contributed by atoms with Gasteiger partial charge in [0.2, 0.25) is 0 Å². The zero-order valence-electron chi connectivity index (χ0n) is 11.4. The number of carbonyl (C=O) groups is 1. The number of methoxy groups -OCH3 is 2. The van der Waals surface area contributed by atoms with Crippen molar-refractivity contribution >= 4 is 29.0 Å². The van der Waals surface area contributed by atoms with Crippen LogP contribution in [0.1, 0.15) is 12.8 Å². The third kappa shape index (κ3) is 2.79. The second-order valence-electron chi connectivity index (χ2n) is 4.75. The minimum Gasteiger partial charge on any atom is -0.497 e. The molecule has 2 aliphatic carbocycles. The van der Waals surface area contributed by atoms with Crippen LogP contribution in [0, 0.1) is 0 Å². The molecule has 0 fully saturated rings. The average molecular weight is 315 g/mol. The summed E-state index contributed by atoms with van der Waals surface area (Å²) in [5.41, 5.74) is 0. The average Bonchev–Trinajstić information content (AvgIpc) is 2.48. The molecule has 0 aromatic heterocycles. The lowest BCUT2D eigenvalue weighted by atomic mass is 9.83. The number of halogens is 2. The van der Waals surface area contributed by atoms with Gasteiger partial charge < -0.3 is 9.47 Å². The SMILES string of the molecule is COC1=CCC(Cl)(C(=O)C2(Cl)C=CC(OC)=CC2)C=C1. The molecule has 3 nitrogen and oxygen atoms in total. The first-order chi connectivity index (χ1) is 9.43. The maximum atomic E-state index is 12.7. The Labute approximate surface area is 128 Å². The van der Waals surface area contributed by atoms with Crippen LogP contribution in [-0.4, -0.2) is 29.8 Å². The molecule has 0 amide bonds. The zero-order valence-corrected chi connectivity index (χ0v) is 12.9. The van der Waals surface area contributed by atoms with Gasteiger partial charge in [-0.2, -0.15) is 0 Å². The first-order valence-electron chi connectivity index (χ1n) is 6.23. The van der Waals surface area contributed by atoms with Crippen molar-refractivity contribution in [2.24, 2.45) is 0 Å². The number of hydrogen-bond acceptors (Lipinski definition) is 3. The highest BCUT2D eigenvalue weighted by Gasteiger charge is 2.46. The molecule has 20 heavy (non-hydrogen) atoms. The minimum absolute atomic E-state index is 0.237. The van der Waals surface area contributed by atoms with Gasteiger partial charge in [0.15, 0.2) is 5.78 Å². The Hall–Kier alpha value is -1.19. The fourth-order valence-corrected chi connectivity index (χ4v) is 2.85. The molecule has 0 aromatic carbocycles. The fourth-order valence-electron chi connectivity index (χ4n) is 2.18. The van der Waals surface area contributed by atoms with Gasteiger partial charge in [0.1, 0.15) is 21.3 Å². The van der Waals surface area contributed by atoms with Crippen LogP contribution in [0.2, 0.25) is 0 Å². The summed E-state index contributed by atoms with van der Waals surface area (Å²) >= 11 is 12.9. The van der Waals surface area contributed by atoms with Crippen LogP contribution in [0.4, 0.5) is 0 Å². The van der Waals surface area contributed by atoms with Crippen molar-refractivity contribution in [1.82, 2.24) is 0 Å².